The zero-order chi connectivity index (χ0) is 11.3. The molecule has 0 aromatic heterocycles. The van der Waals surface area contributed by atoms with Gasteiger partial charge in [0.25, 0.3) is 0 Å². The summed E-state index contributed by atoms with van der Waals surface area (Å²) in [7, 11) is 1.42. The first-order valence-corrected chi connectivity index (χ1v) is 4.29. The highest BCUT2D eigenvalue weighted by atomic mass is 16.5. The van der Waals surface area contributed by atoms with Gasteiger partial charge in [0.15, 0.2) is 0 Å². The van der Waals surface area contributed by atoms with Crippen molar-refractivity contribution in [3.05, 3.63) is 29.3 Å². The van der Waals surface area contributed by atoms with Crippen molar-refractivity contribution >= 4 is 5.97 Å². The summed E-state index contributed by atoms with van der Waals surface area (Å²) in [6.07, 6.45) is 0. The van der Waals surface area contributed by atoms with Crippen LogP contribution in [0.1, 0.15) is 15.9 Å². The molecule has 1 aromatic carbocycles. The molecule has 0 aliphatic carbocycles. The topological polar surface area (TPSA) is 72.5 Å². The molecule has 78 valence electrons. The molecule has 1 aromatic rings. The second kappa shape index (κ2) is 5.03. The average molecular weight is 205 g/mol. The molecule has 1 rings (SSSR count). The van der Waals surface area contributed by atoms with Crippen LogP contribution in [-0.2, 0) is 0 Å². The third kappa shape index (κ3) is 2.73. The quantitative estimate of drug-likeness (QED) is 0.697. The van der Waals surface area contributed by atoms with Gasteiger partial charge in [0.1, 0.15) is 11.3 Å². The number of rotatable bonds is 2. The number of hydrogen-bond donors (Lipinski definition) is 2. The Morgan fingerprint density at radius 1 is 1.60 bits per heavy atom. The predicted octanol–water partition coefficient (Wildman–Crippen LogP) is 0.704. The van der Waals surface area contributed by atoms with Crippen molar-refractivity contribution in [2.45, 2.75) is 0 Å². The summed E-state index contributed by atoms with van der Waals surface area (Å²) in [5.74, 6) is 4.75. The van der Waals surface area contributed by atoms with Crippen LogP contribution < -0.4 is 10.5 Å². The van der Waals surface area contributed by atoms with Crippen molar-refractivity contribution in [2.75, 3.05) is 13.7 Å². The van der Waals surface area contributed by atoms with Gasteiger partial charge >= 0.3 is 5.97 Å². The molecule has 3 N–H and O–H groups in total. The first-order valence-electron chi connectivity index (χ1n) is 4.29. The summed E-state index contributed by atoms with van der Waals surface area (Å²) in [4.78, 5) is 10.8. The second-order valence-electron chi connectivity index (χ2n) is 2.73. The first kappa shape index (κ1) is 11.1. The third-order valence-electron chi connectivity index (χ3n) is 1.77. The molecule has 0 bridgehead atoms. The van der Waals surface area contributed by atoms with Gasteiger partial charge in [-0.05, 0) is 18.2 Å². The van der Waals surface area contributed by atoms with E-state index in [9.17, 15) is 4.79 Å². The van der Waals surface area contributed by atoms with E-state index in [2.05, 4.69) is 11.8 Å². The van der Waals surface area contributed by atoms with E-state index in [1.54, 1.807) is 12.1 Å². The van der Waals surface area contributed by atoms with Crippen LogP contribution >= 0.6 is 0 Å². The zero-order valence-corrected chi connectivity index (χ0v) is 8.28. The van der Waals surface area contributed by atoms with Crippen LogP contribution in [0.25, 0.3) is 0 Å². The van der Waals surface area contributed by atoms with Gasteiger partial charge in [-0.3, -0.25) is 0 Å². The van der Waals surface area contributed by atoms with Crippen LogP contribution in [-0.4, -0.2) is 24.7 Å². The van der Waals surface area contributed by atoms with Crippen molar-refractivity contribution in [3.8, 4) is 17.6 Å². The van der Waals surface area contributed by atoms with Gasteiger partial charge in [0.2, 0.25) is 0 Å². The summed E-state index contributed by atoms with van der Waals surface area (Å²) in [6.45, 7) is 0.267. The van der Waals surface area contributed by atoms with Crippen LogP contribution in [0.2, 0.25) is 0 Å². The monoisotopic (exact) mass is 205 g/mol. The lowest BCUT2D eigenvalue weighted by molar-refractivity contribution is 0.0693. The van der Waals surface area contributed by atoms with Gasteiger partial charge in [0, 0.05) is 5.56 Å². The summed E-state index contributed by atoms with van der Waals surface area (Å²) in [5, 5.41) is 8.83. The highest BCUT2D eigenvalue weighted by Crippen LogP contribution is 2.19. The maximum absolute atomic E-state index is 10.8. The molecule has 0 saturated heterocycles. The molecule has 15 heavy (non-hydrogen) atoms. The Bertz CT molecular complexity index is 429. The molecule has 0 unspecified atom stereocenters. The first-order chi connectivity index (χ1) is 7.19. The molecular weight excluding hydrogens is 194 g/mol. The fourth-order valence-corrected chi connectivity index (χ4v) is 1.10. The Balaban J connectivity index is 3.13. The Labute approximate surface area is 87.7 Å². The maximum Gasteiger partial charge on any atom is 0.339 e. The minimum Gasteiger partial charge on any atom is -0.496 e. The molecule has 0 spiro atoms. The number of carboxylic acid groups (broad SMARTS) is 1. The normalized spacial score (nSPS) is 8.93. The Morgan fingerprint density at radius 2 is 2.33 bits per heavy atom. The van der Waals surface area contributed by atoms with Crippen LogP contribution in [0.5, 0.6) is 5.75 Å². The van der Waals surface area contributed by atoms with Gasteiger partial charge in [-0.25, -0.2) is 4.79 Å². The van der Waals surface area contributed by atoms with Crippen molar-refractivity contribution in [2.24, 2.45) is 5.73 Å². The van der Waals surface area contributed by atoms with Crippen LogP contribution in [0.3, 0.4) is 0 Å². The molecule has 4 heteroatoms. The van der Waals surface area contributed by atoms with E-state index < -0.39 is 5.97 Å². The molecule has 0 aliphatic rings. The van der Waals surface area contributed by atoms with Crippen molar-refractivity contribution in [1.29, 1.82) is 0 Å². The molecule has 4 nitrogen and oxygen atoms in total. The van der Waals surface area contributed by atoms with Gasteiger partial charge in [0.05, 0.1) is 13.7 Å². The maximum atomic E-state index is 10.8. The van der Waals surface area contributed by atoms with Crippen molar-refractivity contribution in [3.63, 3.8) is 0 Å². The van der Waals surface area contributed by atoms with Crippen LogP contribution in [0.4, 0.5) is 0 Å². The summed E-state index contributed by atoms with van der Waals surface area (Å²) >= 11 is 0. The van der Waals surface area contributed by atoms with Crippen molar-refractivity contribution < 1.29 is 14.6 Å². The van der Waals surface area contributed by atoms with E-state index in [1.807, 2.05) is 0 Å². The fourth-order valence-electron chi connectivity index (χ4n) is 1.10. The largest absolute Gasteiger partial charge is 0.496 e. The van der Waals surface area contributed by atoms with Gasteiger partial charge in [-0.1, -0.05) is 11.8 Å². The predicted molar refractivity (Wildman–Crippen MR) is 55.9 cm³/mol. The second-order valence-corrected chi connectivity index (χ2v) is 2.73. The highest BCUT2D eigenvalue weighted by molar-refractivity contribution is 5.91. The average Bonchev–Trinajstić information content (AvgIpc) is 2.25. The lowest BCUT2D eigenvalue weighted by Gasteiger charge is -2.04. The van der Waals surface area contributed by atoms with Gasteiger partial charge < -0.3 is 15.6 Å². The summed E-state index contributed by atoms with van der Waals surface area (Å²) < 4.78 is 4.95. The smallest absolute Gasteiger partial charge is 0.339 e. The Kier molecular flexibility index (Phi) is 3.72. The molecule has 0 heterocycles. The molecule has 0 fully saturated rings. The Hall–Kier alpha value is -1.99. The third-order valence-corrected chi connectivity index (χ3v) is 1.77. The van der Waals surface area contributed by atoms with Crippen molar-refractivity contribution in [1.82, 2.24) is 0 Å². The Morgan fingerprint density at radius 3 is 2.87 bits per heavy atom. The lowest BCUT2D eigenvalue weighted by atomic mass is 10.1. The molecule has 0 saturated carbocycles. The van der Waals surface area contributed by atoms with E-state index in [4.69, 9.17) is 15.6 Å². The molecule has 0 atom stereocenters. The van der Waals surface area contributed by atoms with Crippen LogP contribution in [0.15, 0.2) is 18.2 Å². The molecule has 0 radical (unpaired) electrons. The number of methoxy groups -OCH3 is 1. The highest BCUT2D eigenvalue weighted by Gasteiger charge is 2.10. The standard InChI is InChI=1S/C11H11NO3/c1-15-10-7-8(3-2-6-12)4-5-9(10)11(13)14/h4-5,7H,6,12H2,1H3,(H,13,14). The van der Waals surface area contributed by atoms with E-state index in [0.29, 0.717) is 11.3 Å². The molecule has 0 aliphatic heterocycles. The van der Waals surface area contributed by atoms with E-state index in [1.165, 1.54) is 13.2 Å². The minimum atomic E-state index is -1.02. The van der Waals surface area contributed by atoms with E-state index >= 15 is 0 Å². The van der Waals surface area contributed by atoms with E-state index in [0.717, 1.165) is 0 Å². The SMILES string of the molecule is COc1cc(C#CCN)ccc1C(=O)O. The van der Waals surface area contributed by atoms with Crippen LogP contribution in [0, 0.1) is 11.8 Å². The lowest BCUT2D eigenvalue weighted by Crippen LogP contribution is -2.00. The van der Waals surface area contributed by atoms with E-state index in [-0.39, 0.29) is 12.1 Å². The summed E-state index contributed by atoms with van der Waals surface area (Å²) in [6, 6.07) is 4.66. The minimum absolute atomic E-state index is 0.121. The number of hydrogen-bond acceptors (Lipinski definition) is 3. The summed E-state index contributed by atoms with van der Waals surface area (Å²) in [5.41, 5.74) is 6.03. The number of ether oxygens (including phenoxy) is 1. The van der Waals surface area contributed by atoms with Gasteiger partial charge in [-0.15, -0.1) is 0 Å². The number of aromatic carboxylic acids is 1. The number of carbonyl (C=O) groups is 1. The number of carboxylic acids is 1. The fraction of sp³-hybridized carbons (Fsp3) is 0.182. The zero-order valence-electron chi connectivity index (χ0n) is 8.28. The van der Waals surface area contributed by atoms with Gasteiger partial charge in [-0.2, -0.15) is 0 Å². The number of nitrogens with two attached hydrogens (primary N) is 1. The molecule has 0 amide bonds. The molecular formula is C11H11NO3. The number of benzene rings is 1.